The van der Waals surface area contributed by atoms with Crippen LogP contribution in [0.2, 0.25) is 0 Å². The topological polar surface area (TPSA) is 188 Å². The van der Waals surface area contributed by atoms with Gasteiger partial charge in [0.25, 0.3) is 5.91 Å². The van der Waals surface area contributed by atoms with Gasteiger partial charge in [-0.1, -0.05) is 31.9 Å². The summed E-state index contributed by atoms with van der Waals surface area (Å²) in [5.74, 6) is -9.84. The zero-order valence-corrected chi connectivity index (χ0v) is 21.9. The number of ketones is 2. The highest BCUT2D eigenvalue weighted by Crippen LogP contribution is 2.57. The van der Waals surface area contributed by atoms with Gasteiger partial charge in [-0.25, -0.2) is 0 Å². The first kappa shape index (κ1) is 26.9. The second-order valence-corrected chi connectivity index (χ2v) is 11.2. The first-order valence-electron chi connectivity index (χ1n) is 13.0. The normalized spacial score (nSPS) is 32.7. The first-order valence-corrected chi connectivity index (χ1v) is 13.0. The summed E-state index contributed by atoms with van der Waals surface area (Å²) in [7, 11) is 2.98. The molecular formula is C28H32N2O9. The van der Waals surface area contributed by atoms with Crippen LogP contribution in [0.5, 0.6) is 5.75 Å². The van der Waals surface area contributed by atoms with Crippen LogP contribution >= 0.6 is 0 Å². The van der Waals surface area contributed by atoms with Crippen molar-refractivity contribution in [2.75, 3.05) is 14.1 Å². The molecule has 5 rings (SSSR count). The zero-order valence-electron chi connectivity index (χ0n) is 21.9. The smallest absolute Gasteiger partial charge is 0.309 e. The van der Waals surface area contributed by atoms with Crippen molar-refractivity contribution >= 4 is 29.2 Å². The Morgan fingerprint density at radius 2 is 1.74 bits per heavy atom. The van der Waals surface area contributed by atoms with Gasteiger partial charge in [0.05, 0.1) is 23.4 Å². The van der Waals surface area contributed by atoms with E-state index in [2.05, 4.69) is 0 Å². The monoisotopic (exact) mass is 540 g/mol. The number of aliphatic hydroxyl groups is 3. The molecule has 1 aromatic rings. The van der Waals surface area contributed by atoms with Crippen LogP contribution < -0.4 is 5.73 Å². The average Bonchev–Trinajstić information content (AvgIpc) is 3.41. The van der Waals surface area contributed by atoms with Crippen molar-refractivity contribution in [2.24, 2.45) is 23.5 Å². The molecule has 6 N–H and O–H groups in total. The second-order valence-electron chi connectivity index (χ2n) is 11.2. The molecule has 0 saturated heterocycles. The summed E-state index contributed by atoms with van der Waals surface area (Å²) in [4.78, 5) is 54.7. The number of carbonyl (C=O) groups excluding carboxylic acids is 4. The number of hydrogen-bond acceptors (Lipinski definition) is 10. The number of amides is 1. The lowest BCUT2D eigenvalue weighted by molar-refractivity contribution is -0.187. The lowest BCUT2D eigenvalue weighted by atomic mass is 9.54. The van der Waals surface area contributed by atoms with Crippen LogP contribution in [0.1, 0.15) is 49.7 Å². The Kier molecular flexibility index (Phi) is 6.34. The summed E-state index contributed by atoms with van der Waals surface area (Å²) in [6.07, 6.45) is 1.48. The van der Waals surface area contributed by atoms with E-state index in [-0.39, 0.29) is 16.9 Å². The van der Waals surface area contributed by atoms with Crippen LogP contribution in [0.3, 0.4) is 0 Å². The Labute approximate surface area is 224 Å². The van der Waals surface area contributed by atoms with Crippen molar-refractivity contribution in [3.8, 4) is 5.75 Å². The number of nitrogens with zero attached hydrogens (tertiary/aromatic N) is 1. The number of fused-ring (bicyclic) bond motifs is 3. The lowest BCUT2D eigenvalue weighted by Gasteiger charge is -2.54. The number of nitrogens with two attached hydrogens (primary N) is 1. The molecule has 0 aliphatic heterocycles. The number of hydrogen-bond donors (Lipinski definition) is 5. The van der Waals surface area contributed by atoms with E-state index < -0.39 is 82.0 Å². The average molecular weight is 541 g/mol. The molecule has 0 spiro atoms. The third-order valence-corrected chi connectivity index (χ3v) is 8.91. The SMILES string of the molecule is C[C@H]1c2cccc(O)c2C(O)=C2C(=O)[C@]3(O)C(O)=C(C(N)=O)C(=O)C(N(C)C)[C@@H]3[C@@H](OC(=O)C3CCCC3)[C@@H]21. The van der Waals surface area contributed by atoms with Gasteiger partial charge in [-0.05, 0) is 44.5 Å². The molecule has 4 aliphatic rings. The molecule has 1 amide bonds. The summed E-state index contributed by atoms with van der Waals surface area (Å²) < 4.78 is 6.08. The molecule has 208 valence electrons. The fourth-order valence-corrected chi connectivity index (χ4v) is 7.08. The first-order chi connectivity index (χ1) is 18.3. The number of Topliss-reactive ketones (excluding diaryl/α,β-unsaturated/α-hetero) is 2. The molecule has 6 atom stereocenters. The van der Waals surface area contributed by atoms with E-state index in [0.29, 0.717) is 18.4 Å². The zero-order chi connectivity index (χ0) is 28.5. The Morgan fingerprint density at radius 3 is 2.33 bits per heavy atom. The van der Waals surface area contributed by atoms with Gasteiger partial charge in [-0.15, -0.1) is 0 Å². The van der Waals surface area contributed by atoms with E-state index in [0.717, 1.165) is 12.8 Å². The van der Waals surface area contributed by atoms with Gasteiger partial charge in [0.15, 0.2) is 11.4 Å². The number of aromatic hydroxyl groups is 1. The molecule has 0 aromatic heterocycles. The van der Waals surface area contributed by atoms with Gasteiger partial charge in [0, 0.05) is 11.5 Å². The van der Waals surface area contributed by atoms with E-state index in [1.165, 1.54) is 25.1 Å². The molecule has 0 radical (unpaired) electrons. The standard InChI is InChI=1S/C28H32N2O9/c1-11-13-9-6-10-14(31)16(13)21(32)17-15(11)23(39-27(37)12-7-4-5-8-12)19-20(30(2)3)22(33)18(26(29)36)25(35)28(19,38)24(17)34/h6,9-12,15,19-20,23,31-32,35,38H,4-5,7-8H2,1-3H3,(H2,29,36)/t11-,15+,19+,20?,23-,28-/m0/s1. The molecule has 1 aromatic carbocycles. The summed E-state index contributed by atoms with van der Waals surface area (Å²) in [5.41, 5.74) is 1.60. The quantitative estimate of drug-likeness (QED) is 0.275. The number of rotatable bonds is 4. The molecule has 4 aliphatic carbocycles. The largest absolute Gasteiger partial charge is 0.508 e. The third-order valence-electron chi connectivity index (χ3n) is 8.91. The minimum Gasteiger partial charge on any atom is -0.508 e. The predicted molar refractivity (Wildman–Crippen MR) is 136 cm³/mol. The van der Waals surface area contributed by atoms with Crippen LogP contribution in [0.15, 0.2) is 35.1 Å². The fourth-order valence-electron chi connectivity index (χ4n) is 7.08. The van der Waals surface area contributed by atoms with E-state index in [1.54, 1.807) is 19.1 Å². The maximum atomic E-state index is 14.2. The van der Waals surface area contributed by atoms with Crippen LogP contribution in [0.4, 0.5) is 0 Å². The van der Waals surface area contributed by atoms with Crippen molar-refractivity contribution in [3.63, 3.8) is 0 Å². The number of benzene rings is 1. The molecule has 11 heteroatoms. The van der Waals surface area contributed by atoms with Crippen LogP contribution in [-0.4, -0.2) is 80.6 Å². The highest BCUT2D eigenvalue weighted by molar-refractivity contribution is 6.24. The number of ether oxygens (including phenoxy) is 1. The summed E-state index contributed by atoms with van der Waals surface area (Å²) in [6.45, 7) is 1.73. The number of likely N-dealkylation sites (N-methyl/N-ethyl adjacent to an activating group) is 1. The Balaban J connectivity index is 1.81. The number of phenolic OH excluding ortho intramolecular Hbond substituents is 1. The summed E-state index contributed by atoms with van der Waals surface area (Å²) in [6, 6.07) is 3.17. The van der Waals surface area contributed by atoms with E-state index in [9.17, 15) is 39.6 Å². The molecule has 2 saturated carbocycles. The highest BCUT2D eigenvalue weighted by atomic mass is 16.5. The maximum absolute atomic E-state index is 14.2. The number of carbonyl (C=O) groups is 4. The summed E-state index contributed by atoms with van der Waals surface area (Å²) in [5, 5.41) is 45.1. The Bertz CT molecular complexity index is 1360. The minimum atomic E-state index is -2.94. The molecule has 2 fully saturated rings. The van der Waals surface area contributed by atoms with Gasteiger partial charge in [0.1, 0.15) is 28.9 Å². The van der Waals surface area contributed by atoms with Gasteiger partial charge in [0.2, 0.25) is 5.78 Å². The van der Waals surface area contributed by atoms with Crippen LogP contribution in [-0.2, 0) is 23.9 Å². The summed E-state index contributed by atoms with van der Waals surface area (Å²) >= 11 is 0. The second kappa shape index (κ2) is 9.20. The van der Waals surface area contributed by atoms with Gasteiger partial charge in [-0.3, -0.25) is 24.1 Å². The molecule has 11 nitrogen and oxygen atoms in total. The molecular weight excluding hydrogens is 508 g/mol. The predicted octanol–water partition coefficient (Wildman–Crippen LogP) is 1.24. The number of aliphatic hydroxyl groups excluding tert-OH is 2. The van der Waals surface area contributed by atoms with Gasteiger partial charge < -0.3 is 30.9 Å². The number of primary amides is 1. The molecule has 1 unspecified atom stereocenters. The van der Waals surface area contributed by atoms with Crippen LogP contribution in [0.25, 0.3) is 5.76 Å². The van der Waals surface area contributed by atoms with Crippen molar-refractivity contribution in [1.29, 1.82) is 0 Å². The molecule has 39 heavy (non-hydrogen) atoms. The molecule has 0 bridgehead atoms. The van der Waals surface area contributed by atoms with Gasteiger partial charge >= 0.3 is 5.97 Å². The van der Waals surface area contributed by atoms with E-state index >= 15 is 0 Å². The lowest BCUT2D eigenvalue weighted by Crippen LogP contribution is -2.71. The Hall–Kier alpha value is -3.70. The maximum Gasteiger partial charge on any atom is 0.309 e. The van der Waals surface area contributed by atoms with Crippen molar-refractivity contribution in [2.45, 2.75) is 56.3 Å². The Morgan fingerprint density at radius 1 is 1.10 bits per heavy atom. The van der Waals surface area contributed by atoms with Gasteiger partial charge in [-0.2, -0.15) is 0 Å². The minimum absolute atomic E-state index is 0.0258. The fraction of sp³-hybridized carbons (Fsp3) is 0.500. The van der Waals surface area contributed by atoms with E-state index in [1.807, 2.05) is 0 Å². The highest BCUT2D eigenvalue weighted by Gasteiger charge is 2.69. The molecule has 0 heterocycles. The third kappa shape index (κ3) is 3.63. The number of esters is 1. The van der Waals surface area contributed by atoms with E-state index in [4.69, 9.17) is 10.5 Å². The van der Waals surface area contributed by atoms with Crippen molar-refractivity contribution in [3.05, 3.63) is 46.2 Å². The number of phenols is 1. The van der Waals surface area contributed by atoms with Crippen LogP contribution in [0, 0.1) is 17.8 Å². The van der Waals surface area contributed by atoms with Crippen molar-refractivity contribution < 1.29 is 44.3 Å². The van der Waals surface area contributed by atoms with Crippen molar-refractivity contribution in [1.82, 2.24) is 4.90 Å².